The Labute approximate surface area is 311 Å². The van der Waals surface area contributed by atoms with Crippen LogP contribution in [0.15, 0.2) is 194 Å². The summed E-state index contributed by atoms with van der Waals surface area (Å²) in [6.45, 7) is 0. The van der Waals surface area contributed by atoms with Gasteiger partial charge in [0.2, 0.25) is 0 Å². The zero-order chi connectivity index (χ0) is 35.6. The van der Waals surface area contributed by atoms with Crippen LogP contribution in [0.3, 0.4) is 0 Å². The number of nitrogens with zero attached hydrogens (tertiary/aromatic N) is 4. The van der Waals surface area contributed by atoms with Crippen molar-refractivity contribution in [2.24, 2.45) is 0 Å². The molecule has 0 radical (unpaired) electrons. The first-order valence-electron chi connectivity index (χ1n) is 18.3. The second kappa shape index (κ2) is 12.1. The van der Waals surface area contributed by atoms with E-state index in [1.807, 2.05) is 0 Å². The smallest absolute Gasteiger partial charge is 0.146 e. The minimum atomic E-state index is 0.908. The van der Waals surface area contributed by atoms with Crippen molar-refractivity contribution >= 4 is 54.4 Å². The second-order valence-corrected chi connectivity index (χ2v) is 13.8. The van der Waals surface area contributed by atoms with Gasteiger partial charge in [-0.05, 0) is 98.0 Å². The minimum Gasteiger partial charge on any atom is -0.292 e. The SMILES string of the molecule is c1ccc(-n2c(-c3cccc4c(-c5cccc6ccccc56)c5cccc(-c6nc7ccccc7n6-c6ccccc6)c5cc34)nc3ccccc32)cc1. The molecule has 0 unspecified atom stereocenters. The number of hydrogen-bond acceptors (Lipinski definition) is 2. The van der Waals surface area contributed by atoms with E-state index in [4.69, 9.17) is 9.97 Å². The third-order valence-electron chi connectivity index (χ3n) is 10.7. The first-order chi connectivity index (χ1) is 26.8. The summed E-state index contributed by atoms with van der Waals surface area (Å²) in [5.41, 5.74) is 10.8. The fourth-order valence-corrected chi connectivity index (χ4v) is 8.38. The van der Waals surface area contributed by atoms with E-state index < -0.39 is 0 Å². The summed E-state index contributed by atoms with van der Waals surface area (Å²) in [4.78, 5) is 10.7. The molecule has 252 valence electrons. The standard InChI is InChI=1S/C50H32N4/c1-3-18-34(19-4-1)53-46-30-11-9-28-44(46)51-49(53)40-26-14-24-38-42(40)32-43-39(48(38)37-23-13-17-33-16-7-8-22-36(33)37)25-15-27-41(43)50-52-45-29-10-12-31-47(45)54(50)35-20-5-2-6-21-35/h1-32H. The number of rotatable bonds is 5. The quantitative estimate of drug-likeness (QED) is 0.169. The van der Waals surface area contributed by atoms with Gasteiger partial charge in [0.05, 0.1) is 22.1 Å². The first-order valence-corrected chi connectivity index (χ1v) is 18.3. The van der Waals surface area contributed by atoms with E-state index in [1.165, 1.54) is 32.7 Å². The highest BCUT2D eigenvalue weighted by Crippen LogP contribution is 2.45. The highest BCUT2D eigenvalue weighted by Gasteiger charge is 2.23. The Hall–Kier alpha value is -7.30. The number of imidazole rings is 2. The van der Waals surface area contributed by atoms with Crippen molar-refractivity contribution in [1.29, 1.82) is 0 Å². The van der Waals surface area contributed by atoms with E-state index in [2.05, 4.69) is 203 Å². The van der Waals surface area contributed by atoms with Crippen LogP contribution in [0.5, 0.6) is 0 Å². The molecular weight excluding hydrogens is 657 g/mol. The highest BCUT2D eigenvalue weighted by atomic mass is 15.1. The highest BCUT2D eigenvalue weighted by molar-refractivity contribution is 6.21. The summed E-state index contributed by atoms with van der Waals surface area (Å²) in [6, 6.07) is 69.1. The molecule has 0 saturated carbocycles. The van der Waals surface area contributed by atoms with Gasteiger partial charge in [-0.15, -0.1) is 0 Å². The predicted octanol–water partition coefficient (Wildman–Crippen LogP) is 12.8. The van der Waals surface area contributed by atoms with Crippen LogP contribution in [-0.4, -0.2) is 19.1 Å². The van der Waals surface area contributed by atoms with Crippen molar-refractivity contribution in [3.8, 4) is 45.3 Å². The summed E-state index contributed by atoms with van der Waals surface area (Å²) in [5.74, 6) is 1.82. The van der Waals surface area contributed by atoms with Crippen molar-refractivity contribution in [1.82, 2.24) is 19.1 Å². The molecule has 0 bridgehead atoms. The molecule has 0 atom stereocenters. The molecule has 0 N–H and O–H groups in total. The van der Waals surface area contributed by atoms with Gasteiger partial charge in [-0.2, -0.15) is 0 Å². The summed E-state index contributed by atoms with van der Waals surface area (Å²) in [5, 5.41) is 7.06. The molecule has 0 aliphatic carbocycles. The molecule has 0 fully saturated rings. The van der Waals surface area contributed by atoms with Crippen LogP contribution in [0.25, 0.3) is 99.7 Å². The van der Waals surface area contributed by atoms with Crippen LogP contribution >= 0.6 is 0 Å². The van der Waals surface area contributed by atoms with E-state index in [9.17, 15) is 0 Å². The molecule has 54 heavy (non-hydrogen) atoms. The molecule has 4 heteroatoms. The van der Waals surface area contributed by atoms with Crippen molar-refractivity contribution in [2.45, 2.75) is 0 Å². The molecule has 11 rings (SSSR count). The molecule has 0 aliphatic rings. The fourth-order valence-electron chi connectivity index (χ4n) is 8.38. The Bertz CT molecular complexity index is 3030. The van der Waals surface area contributed by atoms with Crippen LogP contribution in [0, 0.1) is 0 Å². The van der Waals surface area contributed by atoms with Crippen LogP contribution in [0.1, 0.15) is 0 Å². The molecule has 0 aliphatic heterocycles. The van der Waals surface area contributed by atoms with Crippen molar-refractivity contribution in [3.05, 3.63) is 194 Å². The Morgan fingerprint density at radius 2 is 0.741 bits per heavy atom. The Kier molecular flexibility index (Phi) is 6.82. The van der Waals surface area contributed by atoms with Gasteiger partial charge in [0.25, 0.3) is 0 Å². The first kappa shape index (κ1) is 30.3. The zero-order valence-electron chi connectivity index (χ0n) is 29.3. The van der Waals surface area contributed by atoms with Crippen LogP contribution < -0.4 is 0 Å². The lowest BCUT2D eigenvalue weighted by Gasteiger charge is -2.19. The molecule has 2 aromatic heterocycles. The van der Waals surface area contributed by atoms with Gasteiger partial charge in [-0.3, -0.25) is 9.13 Å². The number of benzene rings is 9. The molecule has 4 nitrogen and oxygen atoms in total. The molecular formula is C50H32N4. The van der Waals surface area contributed by atoms with Crippen molar-refractivity contribution in [2.75, 3.05) is 0 Å². The largest absolute Gasteiger partial charge is 0.292 e. The molecule has 0 saturated heterocycles. The van der Waals surface area contributed by atoms with Crippen LogP contribution in [0.4, 0.5) is 0 Å². The molecule has 9 aromatic carbocycles. The summed E-state index contributed by atoms with van der Waals surface area (Å²) < 4.78 is 4.60. The number of para-hydroxylation sites is 6. The average Bonchev–Trinajstić information content (AvgIpc) is 3.82. The number of hydrogen-bond donors (Lipinski definition) is 0. The van der Waals surface area contributed by atoms with E-state index in [0.717, 1.165) is 67.0 Å². The van der Waals surface area contributed by atoms with Crippen LogP contribution in [0.2, 0.25) is 0 Å². The average molecular weight is 689 g/mol. The van der Waals surface area contributed by atoms with E-state index in [-0.39, 0.29) is 0 Å². The number of aromatic nitrogens is 4. The molecule has 0 amide bonds. The fraction of sp³-hybridized carbons (Fsp3) is 0. The summed E-state index contributed by atoms with van der Waals surface area (Å²) in [6.07, 6.45) is 0. The summed E-state index contributed by atoms with van der Waals surface area (Å²) >= 11 is 0. The number of fused-ring (bicyclic) bond motifs is 5. The lowest BCUT2D eigenvalue weighted by atomic mass is 9.86. The monoisotopic (exact) mass is 688 g/mol. The molecule has 2 heterocycles. The predicted molar refractivity (Wildman–Crippen MR) is 225 cm³/mol. The Morgan fingerprint density at radius 3 is 1.31 bits per heavy atom. The van der Waals surface area contributed by atoms with E-state index in [0.29, 0.717) is 0 Å². The molecule has 11 aromatic rings. The van der Waals surface area contributed by atoms with Gasteiger partial charge in [0, 0.05) is 22.5 Å². The molecule has 0 spiro atoms. The van der Waals surface area contributed by atoms with Crippen LogP contribution in [-0.2, 0) is 0 Å². The lowest BCUT2D eigenvalue weighted by Crippen LogP contribution is -2.00. The maximum absolute atomic E-state index is 5.35. The van der Waals surface area contributed by atoms with E-state index >= 15 is 0 Å². The lowest BCUT2D eigenvalue weighted by molar-refractivity contribution is 1.10. The zero-order valence-corrected chi connectivity index (χ0v) is 29.3. The van der Waals surface area contributed by atoms with Gasteiger partial charge in [-0.25, -0.2) is 9.97 Å². The third kappa shape index (κ3) is 4.64. The Morgan fingerprint density at radius 1 is 0.315 bits per heavy atom. The second-order valence-electron chi connectivity index (χ2n) is 13.8. The van der Waals surface area contributed by atoms with Gasteiger partial charge >= 0.3 is 0 Å². The Balaban J connectivity index is 1.30. The minimum absolute atomic E-state index is 0.908. The summed E-state index contributed by atoms with van der Waals surface area (Å²) in [7, 11) is 0. The normalized spacial score (nSPS) is 11.7. The van der Waals surface area contributed by atoms with Gasteiger partial charge in [0.15, 0.2) is 0 Å². The van der Waals surface area contributed by atoms with Gasteiger partial charge in [-0.1, -0.05) is 140 Å². The van der Waals surface area contributed by atoms with E-state index in [1.54, 1.807) is 0 Å². The maximum atomic E-state index is 5.35. The third-order valence-corrected chi connectivity index (χ3v) is 10.7. The van der Waals surface area contributed by atoms with Gasteiger partial charge < -0.3 is 0 Å². The van der Waals surface area contributed by atoms with Crippen molar-refractivity contribution in [3.63, 3.8) is 0 Å². The maximum Gasteiger partial charge on any atom is 0.146 e. The topological polar surface area (TPSA) is 35.6 Å². The van der Waals surface area contributed by atoms with Crippen molar-refractivity contribution < 1.29 is 0 Å². The van der Waals surface area contributed by atoms with Gasteiger partial charge in [0.1, 0.15) is 11.6 Å².